The minimum absolute atomic E-state index is 0.0186. The lowest BCUT2D eigenvalue weighted by molar-refractivity contribution is -0.155. The molecule has 0 spiro atoms. The normalized spacial score (nSPS) is 21.7. The third-order valence-electron chi connectivity index (χ3n) is 15.5. The van der Waals surface area contributed by atoms with Crippen LogP contribution in [0.5, 0.6) is 5.75 Å². The highest BCUT2D eigenvalue weighted by molar-refractivity contribution is 5.95. The van der Waals surface area contributed by atoms with Crippen LogP contribution in [0.15, 0.2) is 54.7 Å². The zero-order chi connectivity index (χ0) is 53.9. The summed E-state index contributed by atoms with van der Waals surface area (Å²) >= 11 is 0. The lowest BCUT2D eigenvalue weighted by atomic mass is 9.84. The molecular weight excluding hydrogens is 955 g/mol. The monoisotopic (exact) mass is 1030 g/mol. The van der Waals surface area contributed by atoms with E-state index < -0.39 is 53.1 Å². The highest BCUT2D eigenvalue weighted by atomic mass is 16.5. The number of aryl methyl sites for hydroxylation is 1. The molecule has 6 bridgehead atoms. The number of carbonyl (C=O) groups excluding carboxylic acids is 6. The number of hydrogen-bond acceptors (Lipinski definition) is 12. The van der Waals surface area contributed by atoms with E-state index >= 15 is 0 Å². The van der Waals surface area contributed by atoms with Gasteiger partial charge in [-0.25, -0.2) is 5.43 Å². The summed E-state index contributed by atoms with van der Waals surface area (Å²) in [6, 6.07) is 12.1. The molecule has 3 fully saturated rings. The predicted molar refractivity (Wildman–Crippen MR) is 284 cm³/mol. The summed E-state index contributed by atoms with van der Waals surface area (Å²) in [6.45, 7) is 15.4. The molecule has 8 rings (SSSR count). The molecule has 18 nitrogen and oxygen atoms in total. The third-order valence-corrected chi connectivity index (χ3v) is 15.5. The predicted octanol–water partition coefficient (Wildman–Crippen LogP) is 5.01. The van der Waals surface area contributed by atoms with E-state index in [9.17, 15) is 33.9 Å². The SMILES string of the molecule is CCn1c(Cc2cccnc2[C@H](C)OC)c2c3cc(ccc31)-c1cc(O)cc(c1)C[C@H](NC(=O)[C@H](C(C)C)N(C)C(=O)CN(C)C(=O)C1CN1CCCN1CCCC1=O)C(=O)N1CCC[C@H](N1)C(=O)OCC(C)(C)C2. The Labute approximate surface area is 441 Å². The van der Waals surface area contributed by atoms with Crippen LogP contribution < -0.4 is 10.7 Å². The van der Waals surface area contributed by atoms with E-state index in [0.29, 0.717) is 69.4 Å². The van der Waals surface area contributed by atoms with Gasteiger partial charge >= 0.3 is 5.97 Å². The Hall–Kier alpha value is -6.37. The highest BCUT2D eigenvalue weighted by Crippen LogP contribution is 2.38. The molecule has 4 aromatic rings. The van der Waals surface area contributed by atoms with Crippen LogP contribution >= 0.6 is 0 Å². The highest BCUT2D eigenvalue weighted by Gasteiger charge is 2.43. The van der Waals surface area contributed by atoms with Crippen LogP contribution in [0.4, 0.5) is 0 Å². The number of nitrogens with zero attached hydrogens (tertiary/aromatic N) is 7. The molecule has 5 amide bonds. The van der Waals surface area contributed by atoms with Crippen LogP contribution in [-0.4, -0.2) is 166 Å². The first kappa shape index (κ1) is 54.9. The van der Waals surface area contributed by atoms with Gasteiger partial charge in [-0.05, 0) is 110 Å². The molecule has 4 aliphatic rings. The number of aromatic hydroxyl groups is 1. The number of likely N-dealkylation sites (tertiary alicyclic amines) is 1. The maximum absolute atomic E-state index is 14.8. The van der Waals surface area contributed by atoms with Crippen LogP contribution in [0.25, 0.3) is 22.0 Å². The average molecular weight is 1030 g/mol. The molecule has 404 valence electrons. The molecule has 6 heterocycles. The number of benzene rings is 2. The Bertz CT molecular complexity index is 2790. The van der Waals surface area contributed by atoms with Crippen LogP contribution in [0, 0.1) is 11.3 Å². The van der Waals surface area contributed by atoms with E-state index in [0.717, 1.165) is 58.4 Å². The number of fused-ring (bicyclic) bond motifs is 6. The van der Waals surface area contributed by atoms with Gasteiger partial charge in [0.1, 0.15) is 29.9 Å². The average Bonchev–Trinajstić information content (AvgIpc) is 3.96. The third kappa shape index (κ3) is 12.5. The lowest BCUT2D eigenvalue weighted by Gasteiger charge is -2.37. The fraction of sp³-hybridized carbons (Fsp3) is 0.561. The Morgan fingerprint density at radius 2 is 1.80 bits per heavy atom. The van der Waals surface area contributed by atoms with Crippen molar-refractivity contribution >= 4 is 46.4 Å². The van der Waals surface area contributed by atoms with Crippen molar-refractivity contribution in [3.63, 3.8) is 0 Å². The zero-order valence-electron chi connectivity index (χ0n) is 45.3. The summed E-state index contributed by atoms with van der Waals surface area (Å²) in [7, 11) is 4.79. The maximum atomic E-state index is 14.8. The number of nitrogens with one attached hydrogen (secondary N) is 2. The summed E-state index contributed by atoms with van der Waals surface area (Å²) in [4.78, 5) is 94.3. The van der Waals surface area contributed by atoms with Crippen molar-refractivity contribution in [1.29, 1.82) is 0 Å². The van der Waals surface area contributed by atoms with E-state index in [2.05, 4.69) is 54.3 Å². The molecule has 6 atom stereocenters. The number of phenols is 1. The number of aromatic nitrogens is 2. The summed E-state index contributed by atoms with van der Waals surface area (Å²) in [5.41, 5.74) is 9.90. The smallest absolute Gasteiger partial charge is 0.324 e. The fourth-order valence-electron chi connectivity index (χ4n) is 11.3. The summed E-state index contributed by atoms with van der Waals surface area (Å²) < 4.78 is 14.2. The topological polar surface area (TPSA) is 199 Å². The summed E-state index contributed by atoms with van der Waals surface area (Å²) in [5.74, 6) is -2.43. The van der Waals surface area contributed by atoms with Gasteiger partial charge in [0.25, 0.3) is 5.91 Å². The number of methoxy groups -OCH3 is 1. The van der Waals surface area contributed by atoms with Gasteiger partial charge in [-0.15, -0.1) is 0 Å². The minimum atomic E-state index is -1.20. The van der Waals surface area contributed by atoms with Gasteiger partial charge in [0.15, 0.2) is 0 Å². The second kappa shape index (κ2) is 23.3. The second-order valence-electron chi connectivity index (χ2n) is 22.2. The van der Waals surface area contributed by atoms with Crippen molar-refractivity contribution in [1.82, 2.24) is 44.9 Å². The standard InChI is InChI=1S/C57H77N9O9/c1-10-65-46-19-18-38-29-42(46)43(47(65)30-39-15-11-20-58-51(39)36(4)74-9)31-57(5,6)34-75-56(73)44-16-12-24-66(60-44)54(71)45(27-37-25-40(38)28-41(67)26-37)59-53(70)52(35(2)3)62(8)50(69)33-61(7)55(72)48-32-64(48)23-14-22-63-21-13-17-49(63)68/h11,15,18-20,25-26,28-29,35-36,44-45,48,52,60,67H,10,12-14,16-17,21-24,27,30-34H2,1-9H3,(H,59,70)/t36-,44-,45-,48?,52-,64?/m0/s1. The first-order valence-electron chi connectivity index (χ1n) is 26.8. The minimum Gasteiger partial charge on any atom is -0.508 e. The van der Waals surface area contributed by atoms with Gasteiger partial charge in [-0.1, -0.05) is 45.9 Å². The van der Waals surface area contributed by atoms with Crippen molar-refractivity contribution in [2.75, 3.05) is 67.1 Å². The summed E-state index contributed by atoms with van der Waals surface area (Å²) in [5, 5.41) is 16.8. The number of cyclic esters (lactones) is 1. The first-order chi connectivity index (χ1) is 35.8. The molecule has 4 aliphatic heterocycles. The molecule has 2 aromatic carbocycles. The van der Waals surface area contributed by atoms with Crippen molar-refractivity contribution in [3.05, 3.63) is 82.8 Å². The number of amides is 5. The number of carbonyl (C=O) groups is 6. The quantitative estimate of drug-likeness (QED) is 0.100. The Morgan fingerprint density at radius 1 is 1.01 bits per heavy atom. The van der Waals surface area contributed by atoms with Crippen molar-refractivity contribution in [2.45, 2.75) is 130 Å². The molecule has 2 aromatic heterocycles. The molecule has 0 saturated carbocycles. The van der Waals surface area contributed by atoms with E-state index in [-0.39, 0.29) is 55.8 Å². The van der Waals surface area contributed by atoms with Crippen LogP contribution in [-0.2, 0) is 64.0 Å². The number of likely N-dealkylation sites (N-methyl/N-ethyl adjacent to an activating group) is 2. The number of pyridine rings is 1. The molecule has 0 aliphatic carbocycles. The Kier molecular flexibility index (Phi) is 17.0. The van der Waals surface area contributed by atoms with Gasteiger partial charge < -0.3 is 39.2 Å². The second-order valence-corrected chi connectivity index (χ2v) is 22.2. The number of phenolic OH excluding ortho intramolecular Hbond substituents is 1. The van der Waals surface area contributed by atoms with Crippen molar-refractivity contribution in [2.24, 2.45) is 11.3 Å². The number of esters is 1. The van der Waals surface area contributed by atoms with E-state index in [1.807, 2.05) is 48.8 Å². The maximum Gasteiger partial charge on any atom is 0.324 e. The number of hydrazine groups is 1. The number of ether oxygens (including phenoxy) is 2. The lowest BCUT2D eigenvalue weighted by Crippen LogP contribution is -2.62. The first-order valence-corrected chi connectivity index (χ1v) is 26.8. The number of rotatable bonds is 16. The largest absolute Gasteiger partial charge is 0.508 e. The van der Waals surface area contributed by atoms with Gasteiger partial charge in [-0.3, -0.25) is 43.7 Å². The summed E-state index contributed by atoms with van der Waals surface area (Å²) in [6.07, 6.45) is 5.85. The molecule has 75 heavy (non-hydrogen) atoms. The van der Waals surface area contributed by atoms with E-state index in [1.165, 1.54) is 21.9 Å². The molecular formula is C57H77N9O9. The van der Waals surface area contributed by atoms with Crippen molar-refractivity contribution < 1.29 is 43.3 Å². The number of hydrogen-bond donors (Lipinski definition) is 3. The van der Waals surface area contributed by atoms with Crippen LogP contribution in [0.3, 0.4) is 0 Å². The van der Waals surface area contributed by atoms with Gasteiger partial charge in [0.2, 0.25) is 23.6 Å². The molecule has 3 saturated heterocycles. The Balaban J connectivity index is 1.07. The van der Waals surface area contributed by atoms with E-state index in [1.54, 1.807) is 32.5 Å². The van der Waals surface area contributed by atoms with Gasteiger partial charge in [0, 0.05) is 108 Å². The molecule has 3 N–H and O–H groups in total. The zero-order valence-corrected chi connectivity index (χ0v) is 45.3. The molecule has 2 unspecified atom stereocenters. The van der Waals surface area contributed by atoms with Gasteiger partial charge in [0.05, 0.1) is 24.9 Å². The molecule has 18 heteroatoms. The van der Waals surface area contributed by atoms with Crippen LogP contribution in [0.1, 0.15) is 108 Å². The fourth-order valence-corrected chi connectivity index (χ4v) is 11.3. The van der Waals surface area contributed by atoms with Gasteiger partial charge in [-0.2, -0.15) is 0 Å². The van der Waals surface area contributed by atoms with E-state index in [4.69, 9.17) is 14.5 Å². The molecule has 0 radical (unpaired) electrons. The Morgan fingerprint density at radius 3 is 2.52 bits per heavy atom. The van der Waals surface area contributed by atoms with Crippen molar-refractivity contribution in [3.8, 4) is 16.9 Å². The van der Waals surface area contributed by atoms with Crippen LogP contribution in [0.2, 0.25) is 0 Å².